The Labute approximate surface area is 160 Å². The highest BCUT2D eigenvalue weighted by Crippen LogP contribution is 2.21. The highest BCUT2D eigenvalue weighted by molar-refractivity contribution is 7.89. The first-order valence-electron chi connectivity index (χ1n) is 7.67. The van der Waals surface area contributed by atoms with Gasteiger partial charge in [0.2, 0.25) is 10.0 Å². The summed E-state index contributed by atoms with van der Waals surface area (Å²) in [7, 11) is -4.08. The van der Waals surface area contributed by atoms with Crippen LogP contribution in [0, 0.1) is 0 Å². The van der Waals surface area contributed by atoms with E-state index in [1.165, 1.54) is 12.1 Å². The Bertz CT molecular complexity index is 1160. The molecule has 3 rings (SSSR count). The number of nitrogens with one attached hydrogen (secondary N) is 2. The lowest BCUT2D eigenvalue weighted by molar-refractivity contribution is 0.0846. The van der Waals surface area contributed by atoms with Crippen molar-refractivity contribution in [2.24, 2.45) is 5.14 Å². The molecule has 0 aliphatic rings. The average Bonchev–Trinajstić information content (AvgIpc) is 2.64. The largest absolute Gasteiger partial charge is 0.269 e. The normalized spacial score (nSPS) is 11.2. The third kappa shape index (κ3) is 4.25. The lowest BCUT2D eigenvalue weighted by Gasteiger charge is -2.09. The van der Waals surface area contributed by atoms with E-state index in [1.54, 1.807) is 18.2 Å². The van der Waals surface area contributed by atoms with Crippen LogP contribution >= 0.6 is 11.6 Å². The lowest BCUT2D eigenvalue weighted by atomic mass is 10.1. The van der Waals surface area contributed by atoms with Crippen LogP contribution in [0.5, 0.6) is 0 Å². The van der Waals surface area contributed by atoms with Gasteiger partial charge in [0.25, 0.3) is 11.8 Å². The summed E-state index contributed by atoms with van der Waals surface area (Å²) in [6.45, 7) is 0. The second-order valence-electron chi connectivity index (χ2n) is 5.66. The van der Waals surface area contributed by atoms with E-state index in [2.05, 4.69) is 10.9 Å². The Hall–Kier alpha value is -2.94. The molecule has 0 bridgehead atoms. The van der Waals surface area contributed by atoms with Crippen LogP contribution in [0.2, 0.25) is 5.02 Å². The Morgan fingerprint density at radius 2 is 1.37 bits per heavy atom. The van der Waals surface area contributed by atoms with Crippen molar-refractivity contribution >= 4 is 44.2 Å². The van der Waals surface area contributed by atoms with Crippen molar-refractivity contribution < 1.29 is 18.0 Å². The van der Waals surface area contributed by atoms with Gasteiger partial charge in [-0.1, -0.05) is 41.9 Å². The molecule has 0 saturated carbocycles. The summed E-state index contributed by atoms with van der Waals surface area (Å²) in [6.07, 6.45) is 0. The minimum absolute atomic E-state index is 0.0257. The summed E-state index contributed by atoms with van der Waals surface area (Å²) in [5, 5.41) is 6.82. The number of amides is 2. The highest BCUT2D eigenvalue weighted by atomic mass is 35.5. The van der Waals surface area contributed by atoms with Crippen molar-refractivity contribution in [1.82, 2.24) is 10.9 Å². The third-order valence-electron chi connectivity index (χ3n) is 3.80. The van der Waals surface area contributed by atoms with E-state index < -0.39 is 21.8 Å². The molecule has 0 fully saturated rings. The summed E-state index contributed by atoms with van der Waals surface area (Å²) >= 11 is 5.78. The molecule has 4 N–H and O–H groups in total. The quantitative estimate of drug-likeness (QED) is 0.581. The summed E-state index contributed by atoms with van der Waals surface area (Å²) in [6, 6.07) is 16.2. The monoisotopic (exact) mass is 403 g/mol. The maximum absolute atomic E-state index is 12.2. The molecule has 0 saturated heterocycles. The Balaban J connectivity index is 1.74. The molecule has 0 aliphatic carbocycles. The molecule has 2 amide bonds. The van der Waals surface area contributed by atoms with Gasteiger partial charge in [-0.3, -0.25) is 20.4 Å². The number of hydrogen-bond acceptors (Lipinski definition) is 4. The van der Waals surface area contributed by atoms with Crippen LogP contribution in [0.15, 0.2) is 65.6 Å². The zero-order chi connectivity index (χ0) is 19.6. The summed E-state index contributed by atoms with van der Waals surface area (Å²) in [5.41, 5.74) is 4.84. The van der Waals surface area contributed by atoms with Gasteiger partial charge in [-0.25, -0.2) is 13.6 Å². The van der Waals surface area contributed by atoms with Crippen LogP contribution in [-0.4, -0.2) is 20.2 Å². The van der Waals surface area contributed by atoms with E-state index in [4.69, 9.17) is 16.7 Å². The number of fused-ring (bicyclic) bond motifs is 1. The van der Waals surface area contributed by atoms with Crippen molar-refractivity contribution in [2.45, 2.75) is 4.90 Å². The summed E-state index contributed by atoms with van der Waals surface area (Å²) in [4.78, 5) is 24.0. The van der Waals surface area contributed by atoms with Gasteiger partial charge in [0.05, 0.1) is 5.02 Å². The maximum atomic E-state index is 12.2. The maximum Gasteiger partial charge on any atom is 0.269 e. The molecule has 0 aliphatic heterocycles. The van der Waals surface area contributed by atoms with E-state index in [0.717, 1.165) is 16.8 Å². The topological polar surface area (TPSA) is 118 Å². The van der Waals surface area contributed by atoms with Crippen LogP contribution in [0.25, 0.3) is 10.8 Å². The van der Waals surface area contributed by atoms with Crippen molar-refractivity contribution in [3.8, 4) is 0 Å². The highest BCUT2D eigenvalue weighted by Gasteiger charge is 2.17. The number of benzene rings is 3. The van der Waals surface area contributed by atoms with Crippen LogP contribution < -0.4 is 16.0 Å². The van der Waals surface area contributed by atoms with E-state index in [-0.39, 0.29) is 15.5 Å². The van der Waals surface area contributed by atoms with Crippen molar-refractivity contribution in [3.05, 3.63) is 76.8 Å². The molecule has 27 heavy (non-hydrogen) atoms. The number of sulfonamides is 1. The molecule has 138 valence electrons. The van der Waals surface area contributed by atoms with Gasteiger partial charge in [-0.15, -0.1) is 0 Å². The number of hydrazine groups is 1. The second-order valence-corrected chi connectivity index (χ2v) is 7.60. The molecule has 0 unspecified atom stereocenters. The number of rotatable bonds is 3. The Morgan fingerprint density at radius 1 is 0.815 bits per heavy atom. The first-order chi connectivity index (χ1) is 12.8. The second kappa shape index (κ2) is 7.36. The molecular weight excluding hydrogens is 390 g/mol. The molecule has 0 spiro atoms. The number of nitrogens with two attached hydrogens (primary N) is 1. The fraction of sp³-hybridized carbons (Fsp3) is 0. The van der Waals surface area contributed by atoms with E-state index >= 15 is 0 Å². The average molecular weight is 404 g/mol. The summed E-state index contributed by atoms with van der Waals surface area (Å²) in [5.74, 6) is -1.24. The smallest absolute Gasteiger partial charge is 0.267 e. The molecule has 3 aromatic carbocycles. The molecule has 0 aromatic heterocycles. The zero-order valence-corrected chi connectivity index (χ0v) is 15.3. The first-order valence-corrected chi connectivity index (χ1v) is 9.60. The molecule has 0 atom stereocenters. The van der Waals surface area contributed by atoms with Gasteiger partial charge in [-0.05, 0) is 41.1 Å². The number of primary sulfonamides is 1. The fourth-order valence-electron chi connectivity index (χ4n) is 2.45. The SMILES string of the molecule is NS(=O)(=O)c1cc(C(=O)NNC(=O)c2ccc3ccccc3c2)ccc1Cl. The number of carbonyl (C=O) groups excluding carboxylic acids is 2. The van der Waals surface area contributed by atoms with Crippen LogP contribution in [-0.2, 0) is 10.0 Å². The van der Waals surface area contributed by atoms with E-state index in [1.807, 2.05) is 24.3 Å². The number of carbonyl (C=O) groups is 2. The Kier molecular flexibility index (Phi) is 5.13. The van der Waals surface area contributed by atoms with Gasteiger partial charge in [0.1, 0.15) is 4.90 Å². The summed E-state index contributed by atoms with van der Waals surface area (Å²) < 4.78 is 23.0. The molecule has 0 radical (unpaired) electrons. The minimum atomic E-state index is -4.08. The Morgan fingerprint density at radius 3 is 2.00 bits per heavy atom. The van der Waals surface area contributed by atoms with Crippen molar-refractivity contribution in [2.75, 3.05) is 0 Å². The molecule has 7 nitrogen and oxygen atoms in total. The van der Waals surface area contributed by atoms with Crippen molar-refractivity contribution in [3.63, 3.8) is 0 Å². The predicted molar refractivity (Wildman–Crippen MR) is 102 cm³/mol. The van der Waals surface area contributed by atoms with Crippen LogP contribution in [0.1, 0.15) is 20.7 Å². The van der Waals surface area contributed by atoms with Gasteiger partial charge >= 0.3 is 0 Å². The van der Waals surface area contributed by atoms with Gasteiger partial charge < -0.3 is 0 Å². The molecule has 3 aromatic rings. The van der Waals surface area contributed by atoms with Gasteiger partial charge in [0, 0.05) is 11.1 Å². The van der Waals surface area contributed by atoms with Crippen LogP contribution in [0.3, 0.4) is 0 Å². The molecular formula is C18H14ClN3O4S. The molecule has 0 heterocycles. The molecule has 9 heteroatoms. The van der Waals surface area contributed by atoms with E-state index in [0.29, 0.717) is 5.56 Å². The zero-order valence-electron chi connectivity index (χ0n) is 13.8. The van der Waals surface area contributed by atoms with Gasteiger partial charge in [-0.2, -0.15) is 0 Å². The van der Waals surface area contributed by atoms with Crippen molar-refractivity contribution in [1.29, 1.82) is 0 Å². The predicted octanol–water partition coefficient (Wildman–Crippen LogP) is 2.22. The fourth-order valence-corrected chi connectivity index (χ4v) is 3.52. The number of hydrogen-bond donors (Lipinski definition) is 3. The van der Waals surface area contributed by atoms with E-state index in [9.17, 15) is 18.0 Å². The minimum Gasteiger partial charge on any atom is -0.267 e. The standard InChI is InChI=1S/C18H14ClN3O4S/c19-15-8-7-14(10-16(15)27(20,25)26)18(24)22-21-17(23)13-6-5-11-3-1-2-4-12(11)9-13/h1-10H,(H,21,23)(H,22,24)(H2,20,25,26). The van der Waals surface area contributed by atoms with Gasteiger partial charge in [0.15, 0.2) is 0 Å². The third-order valence-corrected chi connectivity index (χ3v) is 5.19. The lowest BCUT2D eigenvalue weighted by Crippen LogP contribution is -2.41. The number of halogens is 1. The van der Waals surface area contributed by atoms with Crippen LogP contribution in [0.4, 0.5) is 0 Å². The first kappa shape index (κ1) is 18.8.